The van der Waals surface area contributed by atoms with Gasteiger partial charge in [-0.3, -0.25) is 14.5 Å². The maximum Gasteiger partial charge on any atom is 0.397 e. The van der Waals surface area contributed by atoms with E-state index >= 15 is 4.39 Å². The molecule has 1 aromatic heterocycles. The molecule has 0 atom stereocenters. The highest BCUT2D eigenvalue weighted by atomic mass is 32.3. The van der Waals surface area contributed by atoms with Gasteiger partial charge in [0, 0.05) is 17.8 Å². The molecule has 5 rings (SSSR count). The molecule has 21 nitrogen and oxygen atoms in total. The highest BCUT2D eigenvalue weighted by Gasteiger charge is 2.23. The van der Waals surface area contributed by atoms with Crippen molar-refractivity contribution < 1.29 is 57.9 Å². The summed E-state index contributed by atoms with van der Waals surface area (Å²) in [5, 5.41) is 35.4. The Bertz CT molecular complexity index is 2690. The first-order valence-corrected chi connectivity index (χ1v) is 20.8. The molecule has 0 aliphatic carbocycles. The third-order valence-corrected chi connectivity index (χ3v) is 10.4. The van der Waals surface area contributed by atoms with Gasteiger partial charge in [0.05, 0.1) is 34.3 Å². The van der Waals surface area contributed by atoms with Crippen LogP contribution in [-0.4, -0.2) is 96.0 Å². The van der Waals surface area contributed by atoms with Gasteiger partial charge in [-0.15, -0.1) is 10.2 Å². The molecule has 0 saturated heterocycles. The summed E-state index contributed by atoms with van der Waals surface area (Å²) in [6.45, 7) is -1.31. The van der Waals surface area contributed by atoms with Crippen LogP contribution in [0.3, 0.4) is 0 Å². The smallest absolute Gasteiger partial charge is 0.397 e. The minimum Gasteiger partial charge on any atom is -0.504 e. The number of aromatic nitrogens is 3. The molecule has 0 aliphatic rings. The number of amidine groups is 1. The number of hydrogen-bond donors (Lipinski definition) is 6. The number of hydrogen-bond acceptors (Lipinski definition) is 17. The quantitative estimate of drug-likeness (QED) is 0.0189. The van der Waals surface area contributed by atoms with Crippen LogP contribution >= 0.6 is 0 Å². The fraction of sp³-hybridized carbons (Fsp3) is 0.121. The molecule has 0 bridgehead atoms. The largest absolute Gasteiger partial charge is 0.504 e. The zero-order valence-electron chi connectivity index (χ0n) is 29.4. The van der Waals surface area contributed by atoms with Gasteiger partial charge in [0.25, 0.3) is 10.1 Å². The molecule has 0 radical (unpaired) electrons. The summed E-state index contributed by atoms with van der Waals surface area (Å²) in [4.78, 5) is 23.4. The van der Waals surface area contributed by atoms with Crippen molar-refractivity contribution in [3.8, 4) is 5.75 Å². The van der Waals surface area contributed by atoms with Gasteiger partial charge >= 0.3 is 22.4 Å². The summed E-state index contributed by atoms with van der Waals surface area (Å²) in [7, 11) is -14.0. The first kappa shape index (κ1) is 42.6. The van der Waals surface area contributed by atoms with Gasteiger partial charge in [0.1, 0.15) is 11.4 Å². The number of phenols is 1. The Morgan fingerprint density at radius 1 is 0.828 bits per heavy atom. The van der Waals surface area contributed by atoms with Crippen molar-refractivity contribution >= 4 is 76.8 Å². The fourth-order valence-corrected chi connectivity index (χ4v) is 6.75. The average molecular weight is 860 g/mol. The number of para-hydroxylation sites is 1. The highest BCUT2D eigenvalue weighted by molar-refractivity contribution is 7.91. The van der Waals surface area contributed by atoms with Gasteiger partial charge < -0.3 is 20.4 Å². The minimum absolute atomic E-state index is 0.0250. The van der Waals surface area contributed by atoms with Crippen molar-refractivity contribution in [2.45, 2.75) is 4.90 Å². The number of carboxylic acid groups (broad SMARTS) is 1. The summed E-state index contributed by atoms with van der Waals surface area (Å²) in [5.74, 6) is -4.81. The predicted molar refractivity (Wildman–Crippen MR) is 205 cm³/mol. The Labute approximate surface area is 329 Å². The van der Waals surface area contributed by atoms with Crippen molar-refractivity contribution in [1.29, 1.82) is 0 Å². The Balaban J connectivity index is 1.50. The highest BCUT2D eigenvalue weighted by Crippen LogP contribution is 2.37. The van der Waals surface area contributed by atoms with E-state index in [9.17, 15) is 44.8 Å². The van der Waals surface area contributed by atoms with E-state index in [1.807, 2.05) is 0 Å². The number of carboxylic acids is 1. The predicted octanol–water partition coefficient (Wildman–Crippen LogP) is 4.33. The van der Waals surface area contributed by atoms with Gasteiger partial charge in [-0.1, -0.05) is 60.7 Å². The minimum atomic E-state index is -4.99. The van der Waals surface area contributed by atoms with Crippen LogP contribution in [-0.2, 0) is 34.5 Å². The lowest BCUT2D eigenvalue weighted by Crippen LogP contribution is -2.29. The fourth-order valence-electron chi connectivity index (χ4n) is 4.81. The van der Waals surface area contributed by atoms with Gasteiger partial charge in [0.15, 0.2) is 15.6 Å². The van der Waals surface area contributed by atoms with E-state index in [4.69, 9.17) is 4.55 Å². The zero-order chi connectivity index (χ0) is 42.1. The van der Waals surface area contributed by atoms with Crippen molar-refractivity contribution in [2.24, 2.45) is 15.3 Å². The number of halogens is 1. The maximum atomic E-state index is 15.0. The van der Waals surface area contributed by atoms with E-state index in [1.54, 1.807) is 48.5 Å². The number of carbonyl (C=O) groups is 1. The maximum absolute atomic E-state index is 15.0. The Morgan fingerprint density at radius 2 is 1.47 bits per heavy atom. The molecule has 1 heterocycles. The third-order valence-electron chi connectivity index (χ3n) is 7.49. The number of phenolic OH excluding ortho intramolecular Hbond substituents is 1. The third kappa shape index (κ3) is 12.0. The number of nitrogens with zero attached hydrogens (tertiary/aromatic N) is 7. The van der Waals surface area contributed by atoms with Crippen LogP contribution < -0.4 is 15.6 Å². The first-order valence-electron chi connectivity index (χ1n) is 16.2. The second kappa shape index (κ2) is 18.2. The lowest BCUT2D eigenvalue weighted by Gasteiger charge is -2.23. The lowest BCUT2D eigenvalue weighted by molar-refractivity contribution is 0.0697. The van der Waals surface area contributed by atoms with Gasteiger partial charge in [-0.2, -0.15) is 41.3 Å². The standard InChI is InChI=1S/C33H30FN9O12S3/c34-31-36-32(38-33(37-31)43(22-11-5-2-6-12-22)15-17-56(47,48)18-16-55-58(52,53)54)35-26-19-23(57(49,50)51)20-27(28(26)44)40-42-29(21-9-3-1-4-10-21)41-39-25-14-8-7-13-24(25)30(45)46/h1-14,19-20,40,44H,15-18H2,(H,45,46)(H,49,50,51)(H,52,53,54)(H,35,36,37,38)/b41-39?,42-29-. The molecular formula is C33H30FN9O12S3. The van der Waals surface area contributed by atoms with Crippen LogP contribution in [0.15, 0.2) is 117 Å². The molecule has 0 amide bonds. The SMILES string of the molecule is O=C(O)c1ccccc1N=N/C(=N\Nc1cc(S(=O)(=O)O)cc(Nc2nc(F)nc(N(CCS(=O)(=O)CCOS(=O)(=O)O)c3ccccc3)n2)c1O)c1ccccc1. The number of anilines is 5. The van der Waals surface area contributed by atoms with Crippen LogP contribution in [0.5, 0.6) is 5.75 Å². The summed E-state index contributed by atoms with van der Waals surface area (Å²) in [6.07, 6.45) is -1.41. The first-order chi connectivity index (χ1) is 27.4. The molecule has 6 N–H and O–H groups in total. The van der Waals surface area contributed by atoms with E-state index in [-0.39, 0.29) is 22.8 Å². The summed E-state index contributed by atoms with van der Waals surface area (Å²) >= 11 is 0. The van der Waals surface area contributed by atoms with Gasteiger partial charge in [-0.05, 0) is 36.4 Å². The average Bonchev–Trinajstić information content (AvgIpc) is 3.15. The van der Waals surface area contributed by atoms with Gasteiger partial charge in [0.2, 0.25) is 17.7 Å². The molecule has 304 valence electrons. The molecular weight excluding hydrogens is 830 g/mol. The number of aromatic carboxylic acids is 1. The van der Waals surface area contributed by atoms with Crippen LogP contribution in [0.4, 0.5) is 39.0 Å². The summed E-state index contributed by atoms with van der Waals surface area (Å²) in [6, 6.07) is 23.2. The molecule has 4 aromatic carbocycles. The molecule has 0 fully saturated rings. The Hall–Kier alpha value is -6.51. The number of benzene rings is 4. The van der Waals surface area contributed by atoms with Crippen LogP contribution in [0, 0.1) is 6.08 Å². The van der Waals surface area contributed by atoms with Crippen LogP contribution in [0.1, 0.15) is 15.9 Å². The summed E-state index contributed by atoms with van der Waals surface area (Å²) < 4.78 is 110. The van der Waals surface area contributed by atoms with Crippen molar-refractivity contribution in [3.63, 3.8) is 0 Å². The Morgan fingerprint density at radius 3 is 2.12 bits per heavy atom. The van der Waals surface area contributed by atoms with E-state index in [0.29, 0.717) is 5.56 Å². The lowest BCUT2D eigenvalue weighted by atomic mass is 10.2. The number of azo groups is 1. The molecule has 25 heteroatoms. The second-order valence-corrected chi connectivity index (χ2v) is 16.3. The number of aromatic hydroxyl groups is 1. The number of nitrogens with one attached hydrogen (secondary N) is 2. The van der Waals surface area contributed by atoms with E-state index in [1.165, 1.54) is 41.3 Å². The Kier molecular flexibility index (Phi) is 13.4. The van der Waals surface area contributed by atoms with E-state index in [0.717, 1.165) is 12.1 Å². The molecule has 0 spiro atoms. The topological polar surface area (TPSA) is 313 Å². The van der Waals surface area contributed by atoms with Crippen molar-refractivity contribution in [2.75, 3.05) is 40.3 Å². The van der Waals surface area contributed by atoms with Crippen LogP contribution in [0.2, 0.25) is 0 Å². The van der Waals surface area contributed by atoms with Crippen molar-refractivity contribution in [1.82, 2.24) is 15.0 Å². The number of sulfone groups is 1. The molecule has 58 heavy (non-hydrogen) atoms. The zero-order valence-corrected chi connectivity index (χ0v) is 31.8. The van der Waals surface area contributed by atoms with E-state index in [2.05, 4.69) is 45.2 Å². The normalized spacial score (nSPS) is 12.4. The molecule has 5 aromatic rings. The number of rotatable bonds is 17. The van der Waals surface area contributed by atoms with E-state index < -0.39 is 101 Å². The second-order valence-electron chi connectivity index (χ2n) is 11.5. The van der Waals surface area contributed by atoms with Gasteiger partial charge in [-0.25, -0.2) is 17.4 Å². The molecule has 0 unspecified atom stereocenters. The summed E-state index contributed by atoms with van der Waals surface area (Å²) in [5.41, 5.74) is 1.88. The van der Waals surface area contributed by atoms with Crippen LogP contribution in [0.25, 0.3) is 0 Å². The monoisotopic (exact) mass is 859 g/mol. The molecule has 0 saturated carbocycles. The number of hydrazone groups is 1. The van der Waals surface area contributed by atoms with Crippen molar-refractivity contribution in [3.05, 3.63) is 114 Å². The molecule has 0 aliphatic heterocycles.